The monoisotopic (exact) mass is 165 g/mol. The van der Waals surface area contributed by atoms with Gasteiger partial charge >= 0.3 is 0 Å². The smallest absolute Gasteiger partial charge is 0.179 e. The second-order valence-corrected chi connectivity index (χ2v) is 2.98. The number of fused-ring (bicyclic) bond motifs is 1. The van der Waals surface area contributed by atoms with Gasteiger partial charge in [0.15, 0.2) is 5.78 Å². The normalized spacial score (nSPS) is 15.8. The predicted molar refractivity (Wildman–Crippen MR) is 43.9 cm³/mol. The number of hydrogen-bond donors (Lipinski definition) is 1. The van der Waals surface area contributed by atoms with Crippen LogP contribution in [0.15, 0.2) is 6.07 Å². The molecule has 1 aliphatic rings. The Labute approximate surface area is 70.6 Å². The molecule has 1 aromatic heterocycles. The lowest BCUT2D eigenvalue weighted by Gasteiger charge is -2.13. The largest absolute Gasteiger partial charge is 0.309 e. The van der Waals surface area contributed by atoms with E-state index >= 15 is 0 Å². The van der Waals surface area contributed by atoms with E-state index in [0.29, 0.717) is 5.69 Å². The van der Waals surface area contributed by atoms with Crippen LogP contribution in [0.25, 0.3) is 0 Å². The maximum atomic E-state index is 11.0. The summed E-state index contributed by atoms with van der Waals surface area (Å²) in [5.74, 6) is 0.0388. The number of Topliss-reactive ketones (excluding diaryl/α,β-unsaturated/α-hetero) is 1. The molecule has 4 nitrogen and oxygen atoms in total. The summed E-state index contributed by atoms with van der Waals surface area (Å²) in [4.78, 5) is 11.0. The van der Waals surface area contributed by atoms with Crippen molar-refractivity contribution in [1.82, 2.24) is 15.1 Å². The quantitative estimate of drug-likeness (QED) is 0.604. The van der Waals surface area contributed by atoms with Crippen LogP contribution in [-0.4, -0.2) is 22.1 Å². The second-order valence-electron chi connectivity index (χ2n) is 2.98. The highest BCUT2D eigenvalue weighted by atomic mass is 16.1. The number of rotatable bonds is 1. The third-order valence-corrected chi connectivity index (χ3v) is 2.03. The summed E-state index contributed by atoms with van der Waals surface area (Å²) in [7, 11) is 0. The van der Waals surface area contributed by atoms with Crippen LogP contribution in [0.1, 0.15) is 23.1 Å². The van der Waals surface area contributed by atoms with Crippen molar-refractivity contribution in [3.05, 3.63) is 17.5 Å². The van der Waals surface area contributed by atoms with Crippen molar-refractivity contribution < 1.29 is 4.79 Å². The Morgan fingerprint density at radius 3 is 3.25 bits per heavy atom. The van der Waals surface area contributed by atoms with Crippen LogP contribution in [0, 0.1) is 0 Å². The lowest BCUT2D eigenvalue weighted by Crippen LogP contribution is -2.28. The molecule has 1 N–H and O–H groups in total. The van der Waals surface area contributed by atoms with Crippen molar-refractivity contribution in [3.8, 4) is 0 Å². The van der Waals surface area contributed by atoms with Crippen molar-refractivity contribution in [1.29, 1.82) is 0 Å². The van der Waals surface area contributed by atoms with Gasteiger partial charge in [-0.3, -0.25) is 9.48 Å². The maximum absolute atomic E-state index is 11.0. The number of ketones is 1. The number of nitrogens with one attached hydrogen (secondary N) is 1. The summed E-state index contributed by atoms with van der Waals surface area (Å²) in [5, 5.41) is 7.40. The fourth-order valence-corrected chi connectivity index (χ4v) is 1.36. The number of carbonyl (C=O) groups excluding carboxylic acids is 1. The van der Waals surface area contributed by atoms with Crippen LogP contribution in [-0.2, 0) is 13.1 Å². The van der Waals surface area contributed by atoms with E-state index < -0.39 is 0 Å². The molecule has 0 spiro atoms. The molecule has 0 amide bonds. The number of hydrogen-bond acceptors (Lipinski definition) is 3. The van der Waals surface area contributed by atoms with E-state index in [9.17, 15) is 4.79 Å². The number of aromatic nitrogens is 2. The van der Waals surface area contributed by atoms with E-state index in [0.717, 1.165) is 25.3 Å². The maximum Gasteiger partial charge on any atom is 0.179 e. The Morgan fingerprint density at radius 1 is 1.75 bits per heavy atom. The highest BCUT2D eigenvalue weighted by Gasteiger charge is 2.13. The number of carbonyl (C=O) groups is 1. The van der Waals surface area contributed by atoms with Gasteiger partial charge in [-0.05, 0) is 6.07 Å². The average molecular weight is 165 g/mol. The molecule has 1 aromatic rings. The molecule has 0 saturated heterocycles. The van der Waals surface area contributed by atoms with Gasteiger partial charge in [-0.2, -0.15) is 5.10 Å². The molecule has 64 valence electrons. The SMILES string of the molecule is CC(=O)c1cc2n(n1)CCNC2. The van der Waals surface area contributed by atoms with Crippen molar-refractivity contribution in [3.63, 3.8) is 0 Å². The Morgan fingerprint density at radius 2 is 2.58 bits per heavy atom. The minimum atomic E-state index is 0.0388. The second kappa shape index (κ2) is 2.71. The highest BCUT2D eigenvalue weighted by Crippen LogP contribution is 2.07. The van der Waals surface area contributed by atoms with Gasteiger partial charge in [0, 0.05) is 20.0 Å². The summed E-state index contributed by atoms with van der Waals surface area (Å²) >= 11 is 0. The summed E-state index contributed by atoms with van der Waals surface area (Å²) in [5.41, 5.74) is 1.68. The van der Waals surface area contributed by atoms with E-state index in [2.05, 4.69) is 10.4 Å². The van der Waals surface area contributed by atoms with Gasteiger partial charge in [-0.25, -0.2) is 0 Å². The predicted octanol–water partition coefficient (Wildman–Crippen LogP) is 0.189. The Hall–Kier alpha value is -1.16. The standard InChI is InChI=1S/C8H11N3O/c1-6(12)8-4-7-5-9-2-3-11(7)10-8/h4,9H,2-3,5H2,1H3. The summed E-state index contributed by atoms with van der Waals surface area (Å²) in [6.45, 7) is 4.16. The van der Waals surface area contributed by atoms with Crippen molar-refractivity contribution >= 4 is 5.78 Å². The lowest BCUT2D eigenvalue weighted by molar-refractivity contribution is 0.101. The van der Waals surface area contributed by atoms with E-state index in [1.54, 1.807) is 6.92 Å². The van der Waals surface area contributed by atoms with E-state index in [-0.39, 0.29) is 5.78 Å². The van der Waals surface area contributed by atoms with Crippen molar-refractivity contribution in [2.24, 2.45) is 0 Å². The minimum Gasteiger partial charge on any atom is -0.309 e. The van der Waals surface area contributed by atoms with E-state index in [1.165, 1.54) is 0 Å². The molecule has 12 heavy (non-hydrogen) atoms. The van der Waals surface area contributed by atoms with Gasteiger partial charge in [0.05, 0.1) is 12.2 Å². The molecule has 0 bridgehead atoms. The molecular weight excluding hydrogens is 154 g/mol. The Kier molecular flexibility index (Phi) is 1.69. The van der Waals surface area contributed by atoms with E-state index in [1.807, 2.05) is 10.7 Å². The van der Waals surface area contributed by atoms with Crippen LogP contribution in [0.3, 0.4) is 0 Å². The van der Waals surface area contributed by atoms with Gasteiger partial charge in [0.25, 0.3) is 0 Å². The van der Waals surface area contributed by atoms with Gasteiger partial charge < -0.3 is 5.32 Å². The van der Waals surface area contributed by atoms with Crippen molar-refractivity contribution in [2.75, 3.05) is 6.54 Å². The molecule has 0 atom stereocenters. The zero-order chi connectivity index (χ0) is 8.55. The highest BCUT2D eigenvalue weighted by molar-refractivity contribution is 5.92. The molecular formula is C8H11N3O. The summed E-state index contributed by atoms with van der Waals surface area (Å²) < 4.78 is 1.90. The Balaban J connectivity index is 2.38. The first-order chi connectivity index (χ1) is 5.77. The average Bonchev–Trinajstić information content (AvgIpc) is 2.46. The fraction of sp³-hybridized carbons (Fsp3) is 0.500. The third kappa shape index (κ3) is 1.14. The minimum absolute atomic E-state index is 0.0388. The third-order valence-electron chi connectivity index (χ3n) is 2.03. The fourth-order valence-electron chi connectivity index (χ4n) is 1.36. The van der Waals surface area contributed by atoms with Gasteiger partial charge in [0.1, 0.15) is 5.69 Å². The number of nitrogens with zero attached hydrogens (tertiary/aromatic N) is 2. The molecule has 4 heteroatoms. The molecule has 0 radical (unpaired) electrons. The first-order valence-electron chi connectivity index (χ1n) is 4.06. The van der Waals surface area contributed by atoms with Gasteiger partial charge in [0.2, 0.25) is 0 Å². The first-order valence-corrected chi connectivity index (χ1v) is 4.06. The molecule has 0 aliphatic carbocycles. The van der Waals surface area contributed by atoms with E-state index in [4.69, 9.17) is 0 Å². The van der Waals surface area contributed by atoms with Crippen LogP contribution < -0.4 is 5.32 Å². The van der Waals surface area contributed by atoms with Crippen LogP contribution >= 0.6 is 0 Å². The van der Waals surface area contributed by atoms with Crippen LogP contribution in [0.4, 0.5) is 0 Å². The summed E-state index contributed by atoms with van der Waals surface area (Å²) in [6.07, 6.45) is 0. The first kappa shape index (κ1) is 7.49. The van der Waals surface area contributed by atoms with Gasteiger partial charge in [-0.1, -0.05) is 0 Å². The zero-order valence-corrected chi connectivity index (χ0v) is 7.00. The lowest BCUT2D eigenvalue weighted by atomic mass is 10.3. The molecule has 0 fully saturated rings. The zero-order valence-electron chi connectivity index (χ0n) is 7.00. The topological polar surface area (TPSA) is 46.9 Å². The molecule has 0 aromatic carbocycles. The molecule has 2 rings (SSSR count). The van der Waals surface area contributed by atoms with Crippen LogP contribution in [0.2, 0.25) is 0 Å². The summed E-state index contributed by atoms with van der Waals surface area (Å²) in [6, 6.07) is 1.86. The van der Waals surface area contributed by atoms with Crippen molar-refractivity contribution in [2.45, 2.75) is 20.0 Å². The molecule has 1 aliphatic heterocycles. The van der Waals surface area contributed by atoms with Gasteiger partial charge in [-0.15, -0.1) is 0 Å². The molecule has 0 saturated carbocycles. The molecule has 0 unspecified atom stereocenters. The van der Waals surface area contributed by atoms with Crippen LogP contribution in [0.5, 0.6) is 0 Å². The molecule has 2 heterocycles. The Bertz CT molecular complexity index is 293.